The average Bonchev–Trinajstić information content (AvgIpc) is 2.01. The van der Waals surface area contributed by atoms with Crippen LogP contribution in [0, 0.1) is 0 Å². The molecule has 0 aliphatic rings. The second kappa shape index (κ2) is 5.37. The van der Waals surface area contributed by atoms with Crippen LogP contribution in [0.1, 0.15) is 6.92 Å². The molecule has 0 N–H and O–H groups in total. The van der Waals surface area contributed by atoms with Crippen LogP contribution in [0.5, 0.6) is 0 Å². The predicted molar refractivity (Wildman–Crippen MR) is 32.7 cm³/mol. The fraction of sp³-hybridized carbons (Fsp3) is 1.00. The molecule has 0 aliphatic heterocycles. The van der Waals surface area contributed by atoms with Gasteiger partial charge in [0.15, 0.2) is 0 Å². The van der Waals surface area contributed by atoms with Gasteiger partial charge in [0.2, 0.25) is 0 Å². The summed E-state index contributed by atoms with van der Waals surface area (Å²) in [5.41, 5.74) is 0. The molecule has 0 rings (SSSR count). The quantitative estimate of drug-likeness (QED) is 0.702. The van der Waals surface area contributed by atoms with E-state index in [4.69, 9.17) is 11.4 Å². The van der Waals surface area contributed by atoms with E-state index in [1.807, 2.05) is 6.92 Å². The van der Waals surface area contributed by atoms with Gasteiger partial charge >= 0.3 is 68.0 Å². The Labute approximate surface area is 68.2 Å². The third kappa shape index (κ3) is 2.75. The van der Waals surface area contributed by atoms with Crippen LogP contribution >= 0.6 is 0 Å². The molecule has 0 bridgehead atoms. The summed E-state index contributed by atoms with van der Waals surface area (Å²) in [7, 11) is 4.64. The maximum atomic E-state index is 5.23. The van der Waals surface area contributed by atoms with Crippen LogP contribution in [-0.4, -0.2) is 27.9 Å². The Morgan fingerprint density at radius 1 is 1.00 bits per heavy atom. The molecule has 4 nitrogen and oxygen atoms in total. The van der Waals surface area contributed by atoms with Gasteiger partial charge in [0.25, 0.3) is 0 Å². The SMILES string of the molecule is CC[O][Hf]([O]C)([O]C)[O]C. The molecule has 0 radical (unpaired) electrons. The predicted octanol–water partition coefficient (Wildman–Crippen LogP) is 0.776. The maximum absolute atomic E-state index is 5.23. The van der Waals surface area contributed by atoms with Gasteiger partial charge in [-0.05, 0) is 0 Å². The van der Waals surface area contributed by atoms with E-state index in [0.717, 1.165) is 0 Å². The van der Waals surface area contributed by atoms with Crippen molar-refractivity contribution in [1.29, 1.82) is 0 Å². The van der Waals surface area contributed by atoms with E-state index in [1.54, 1.807) is 21.3 Å². The van der Waals surface area contributed by atoms with Crippen LogP contribution < -0.4 is 0 Å². The molecule has 0 atom stereocenters. The normalized spacial score (nSPS) is 12.0. The van der Waals surface area contributed by atoms with Gasteiger partial charge in [-0.2, -0.15) is 0 Å². The molecule has 0 spiro atoms. The Morgan fingerprint density at radius 3 is 1.50 bits per heavy atom. The van der Waals surface area contributed by atoms with E-state index in [0.29, 0.717) is 6.61 Å². The van der Waals surface area contributed by atoms with Crippen LogP contribution in [-0.2, 0) is 33.1 Å². The summed E-state index contributed by atoms with van der Waals surface area (Å²) in [5.74, 6) is 0. The molecule has 0 unspecified atom stereocenters. The van der Waals surface area contributed by atoms with Crippen molar-refractivity contribution in [2.24, 2.45) is 0 Å². The van der Waals surface area contributed by atoms with Gasteiger partial charge in [0.1, 0.15) is 0 Å². The molecular weight excluding hydrogens is 303 g/mol. The van der Waals surface area contributed by atoms with Crippen LogP contribution in [0.25, 0.3) is 0 Å². The van der Waals surface area contributed by atoms with Crippen molar-refractivity contribution >= 4 is 0 Å². The zero-order valence-electron chi connectivity index (χ0n) is 6.84. The van der Waals surface area contributed by atoms with E-state index in [2.05, 4.69) is 0 Å². The Balaban J connectivity index is 3.87. The van der Waals surface area contributed by atoms with Gasteiger partial charge in [-0.15, -0.1) is 0 Å². The zero-order chi connectivity index (χ0) is 8.04. The van der Waals surface area contributed by atoms with E-state index in [-0.39, 0.29) is 0 Å². The summed E-state index contributed by atoms with van der Waals surface area (Å²) in [5, 5.41) is 0. The minimum atomic E-state index is -3.55. The van der Waals surface area contributed by atoms with Crippen LogP contribution in [0.3, 0.4) is 0 Å². The van der Waals surface area contributed by atoms with Crippen LogP contribution in [0.2, 0.25) is 0 Å². The molecule has 0 aromatic heterocycles. The second-order valence-corrected chi connectivity index (χ2v) is 10.6. The first-order valence-electron chi connectivity index (χ1n) is 3.04. The Hall–Kier alpha value is 0.710. The summed E-state index contributed by atoms with van der Waals surface area (Å²) < 4.78 is 20.3. The van der Waals surface area contributed by atoms with Gasteiger partial charge in [0.05, 0.1) is 0 Å². The van der Waals surface area contributed by atoms with Crippen molar-refractivity contribution in [2.45, 2.75) is 6.92 Å². The van der Waals surface area contributed by atoms with E-state index in [1.165, 1.54) is 0 Å². The summed E-state index contributed by atoms with van der Waals surface area (Å²) in [6, 6.07) is 0. The van der Waals surface area contributed by atoms with Crippen molar-refractivity contribution in [3.8, 4) is 0 Å². The van der Waals surface area contributed by atoms with Gasteiger partial charge in [-0.3, -0.25) is 0 Å². The standard InChI is InChI=1S/C2H5O.3CH3O.Hf/c1-2-3;3*1-2;/h2H2,1H3;3*1H3;/q4*-1;+4. The topological polar surface area (TPSA) is 36.9 Å². The fourth-order valence-electron chi connectivity index (χ4n) is 0.604. The monoisotopic (exact) mass is 318 g/mol. The number of hydrogen-bond donors (Lipinski definition) is 0. The molecule has 0 amide bonds. The van der Waals surface area contributed by atoms with Crippen LogP contribution in [0.4, 0.5) is 0 Å². The van der Waals surface area contributed by atoms with Gasteiger partial charge in [-0.1, -0.05) is 0 Å². The zero-order valence-corrected chi connectivity index (χ0v) is 10.4. The molecule has 0 heterocycles. The molecule has 0 saturated carbocycles. The van der Waals surface area contributed by atoms with Gasteiger partial charge in [0, 0.05) is 0 Å². The molecule has 0 saturated heterocycles. The molecule has 62 valence electrons. The average molecular weight is 317 g/mol. The summed E-state index contributed by atoms with van der Waals surface area (Å²) in [6.07, 6.45) is 0. The second-order valence-electron chi connectivity index (χ2n) is 1.55. The summed E-state index contributed by atoms with van der Waals surface area (Å²) in [4.78, 5) is 0. The summed E-state index contributed by atoms with van der Waals surface area (Å²) >= 11 is -3.55. The van der Waals surface area contributed by atoms with Crippen molar-refractivity contribution in [1.82, 2.24) is 0 Å². The van der Waals surface area contributed by atoms with Crippen molar-refractivity contribution < 1.29 is 33.1 Å². The first-order chi connectivity index (χ1) is 4.74. The Kier molecular flexibility index (Phi) is 5.75. The van der Waals surface area contributed by atoms with Crippen molar-refractivity contribution in [2.75, 3.05) is 27.9 Å². The van der Waals surface area contributed by atoms with E-state index >= 15 is 0 Å². The molecule has 0 aliphatic carbocycles. The molecule has 0 aromatic carbocycles. The number of hydrogen-bond acceptors (Lipinski definition) is 4. The Bertz CT molecular complexity index is 75.5. The molecule has 0 aromatic rings. The first-order valence-corrected chi connectivity index (χ1v) is 8.90. The van der Waals surface area contributed by atoms with Gasteiger partial charge in [-0.25, -0.2) is 0 Å². The third-order valence-corrected chi connectivity index (χ3v) is 8.77. The third-order valence-electron chi connectivity index (χ3n) is 1.07. The molecular formula is C5H14HfO4. The molecule has 5 heteroatoms. The first kappa shape index (κ1) is 10.7. The fourth-order valence-corrected chi connectivity index (χ4v) is 4.94. The van der Waals surface area contributed by atoms with Crippen molar-refractivity contribution in [3.05, 3.63) is 0 Å². The van der Waals surface area contributed by atoms with Gasteiger partial charge < -0.3 is 0 Å². The summed E-state index contributed by atoms with van der Waals surface area (Å²) in [6.45, 7) is 2.45. The molecule has 10 heavy (non-hydrogen) atoms. The van der Waals surface area contributed by atoms with E-state index in [9.17, 15) is 0 Å². The number of rotatable bonds is 5. The molecule has 0 fully saturated rings. The Morgan fingerprint density at radius 2 is 1.40 bits per heavy atom. The van der Waals surface area contributed by atoms with Crippen molar-refractivity contribution in [3.63, 3.8) is 0 Å². The minimum absolute atomic E-state index is 0.567. The van der Waals surface area contributed by atoms with Crippen LogP contribution in [0.15, 0.2) is 0 Å². The van der Waals surface area contributed by atoms with E-state index < -0.39 is 21.7 Å².